The Kier molecular flexibility index (Phi) is 10.3. The van der Waals surface area contributed by atoms with Crippen molar-refractivity contribution in [2.24, 2.45) is 0 Å². The molecule has 0 aliphatic carbocycles. The number of alkyl halides is 2. The number of aromatic nitrogens is 2. The van der Waals surface area contributed by atoms with Crippen molar-refractivity contribution in [2.45, 2.75) is 109 Å². The standard InChI is InChI=1S/C24H36F2N2O7/c1-5-6-7-8-9-10-11-18(30)34-20-17(15-29)33-21(24(20,25)26)28-13-12-16(27-22(28)32)14-19(31)35-23(2,3)4/h12-13,17,20-21,29H,5-11,14-15H2,1-4H3/t17-,20-,21-/m1/s1. The number of unbranched alkanes of at least 4 members (excludes halogenated alkanes) is 5. The van der Waals surface area contributed by atoms with E-state index in [0.717, 1.165) is 38.3 Å². The lowest BCUT2D eigenvalue weighted by Gasteiger charge is -2.24. The van der Waals surface area contributed by atoms with E-state index in [0.29, 0.717) is 11.0 Å². The van der Waals surface area contributed by atoms with E-state index in [-0.39, 0.29) is 18.5 Å². The van der Waals surface area contributed by atoms with Crippen LogP contribution in [0.3, 0.4) is 0 Å². The maximum absolute atomic E-state index is 15.2. The minimum Gasteiger partial charge on any atom is -0.460 e. The third-order valence-electron chi connectivity index (χ3n) is 5.41. The van der Waals surface area contributed by atoms with E-state index in [1.807, 2.05) is 0 Å². The van der Waals surface area contributed by atoms with E-state index in [1.54, 1.807) is 20.8 Å². The van der Waals surface area contributed by atoms with Crippen molar-refractivity contribution in [3.8, 4) is 0 Å². The highest BCUT2D eigenvalue weighted by Crippen LogP contribution is 2.44. The molecule has 2 heterocycles. The molecule has 1 aromatic rings. The minimum atomic E-state index is -3.80. The summed E-state index contributed by atoms with van der Waals surface area (Å²) in [6.45, 7) is 6.31. The molecule has 1 aromatic heterocycles. The van der Waals surface area contributed by atoms with Crippen LogP contribution in [0.2, 0.25) is 0 Å². The number of halogens is 2. The van der Waals surface area contributed by atoms with Crippen molar-refractivity contribution in [3.63, 3.8) is 0 Å². The highest BCUT2D eigenvalue weighted by atomic mass is 19.3. The highest BCUT2D eigenvalue weighted by Gasteiger charge is 2.62. The van der Waals surface area contributed by atoms with Gasteiger partial charge in [-0.1, -0.05) is 39.0 Å². The predicted molar refractivity (Wildman–Crippen MR) is 122 cm³/mol. The van der Waals surface area contributed by atoms with Crippen molar-refractivity contribution in [1.82, 2.24) is 9.55 Å². The van der Waals surface area contributed by atoms with Crippen LogP contribution >= 0.6 is 0 Å². The molecule has 198 valence electrons. The summed E-state index contributed by atoms with van der Waals surface area (Å²) in [4.78, 5) is 40.3. The Morgan fingerprint density at radius 3 is 2.43 bits per heavy atom. The van der Waals surface area contributed by atoms with Gasteiger partial charge in [0.15, 0.2) is 6.10 Å². The fourth-order valence-corrected chi connectivity index (χ4v) is 3.76. The van der Waals surface area contributed by atoms with E-state index >= 15 is 8.78 Å². The van der Waals surface area contributed by atoms with Gasteiger partial charge >= 0.3 is 23.6 Å². The molecule has 1 aliphatic rings. The van der Waals surface area contributed by atoms with E-state index in [4.69, 9.17) is 14.2 Å². The fourth-order valence-electron chi connectivity index (χ4n) is 3.76. The summed E-state index contributed by atoms with van der Waals surface area (Å²) in [5, 5.41) is 9.54. The molecule has 0 aromatic carbocycles. The lowest BCUT2D eigenvalue weighted by atomic mass is 10.1. The summed E-state index contributed by atoms with van der Waals surface area (Å²) in [7, 11) is 0. The summed E-state index contributed by atoms with van der Waals surface area (Å²) in [5.74, 6) is -5.24. The first-order valence-electron chi connectivity index (χ1n) is 12.0. The zero-order valence-corrected chi connectivity index (χ0v) is 20.8. The summed E-state index contributed by atoms with van der Waals surface area (Å²) < 4.78 is 46.3. The van der Waals surface area contributed by atoms with Gasteiger partial charge in [0.05, 0.1) is 18.7 Å². The Balaban J connectivity index is 2.06. The third kappa shape index (κ3) is 8.34. The van der Waals surface area contributed by atoms with Gasteiger partial charge in [-0.25, -0.2) is 4.79 Å². The van der Waals surface area contributed by atoms with E-state index < -0.39 is 54.2 Å². The Labute approximate surface area is 203 Å². The maximum atomic E-state index is 15.2. The SMILES string of the molecule is CCCCCCCCC(=O)O[C@@H]1[C@@H](CO)O[C@@H](n2ccc(CC(=O)OC(C)(C)C)nc2=O)C1(F)F. The van der Waals surface area contributed by atoms with E-state index in [2.05, 4.69) is 11.9 Å². The van der Waals surface area contributed by atoms with Gasteiger partial charge in [0, 0.05) is 12.6 Å². The molecule has 1 saturated heterocycles. The summed E-state index contributed by atoms with van der Waals surface area (Å²) in [6.07, 6.45) is 0.473. The predicted octanol–water partition coefficient (Wildman–Crippen LogP) is 3.31. The lowest BCUT2D eigenvalue weighted by Crippen LogP contribution is -2.44. The molecule has 0 amide bonds. The minimum absolute atomic E-state index is 0.0254. The Bertz CT molecular complexity index is 914. The van der Waals surface area contributed by atoms with Crippen molar-refractivity contribution < 1.29 is 37.7 Å². The molecule has 9 nitrogen and oxygen atoms in total. The lowest BCUT2D eigenvalue weighted by molar-refractivity contribution is -0.176. The molecule has 35 heavy (non-hydrogen) atoms. The summed E-state index contributed by atoms with van der Waals surface area (Å²) in [6, 6.07) is 1.23. The van der Waals surface area contributed by atoms with Crippen molar-refractivity contribution >= 4 is 11.9 Å². The Morgan fingerprint density at radius 1 is 1.17 bits per heavy atom. The molecule has 0 spiro atoms. The van der Waals surface area contributed by atoms with Crippen LogP contribution in [0.4, 0.5) is 8.78 Å². The van der Waals surface area contributed by atoms with E-state index in [9.17, 15) is 19.5 Å². The van der Waals surface area contributed by atoms with Crippen LogP contribution in [0.15, 0.2) is 17.1 Å². The second-order valence-electron chi connectivity index (χ2n) is 9.68. The largest absolute Gasteiger partial charge is 0.460 e. The van der Waals surface area contributed by atoms with Gasteiger partial charge in [-0.3, -0.25) is 14.2 Å². The maximum Gasteiger partial charge on any atom is 0.350 e. The Hall–Kier alpha value is -2.40. The average molecular weight is 503 g/mol. The number of hydrogen-bond acceptors (Lipinski definition) is 8. The van der Waals surface area contributed by atoms with Crippen LogP contribution in [-0.4, -0.2) is 56.9 Å². The van der Waals surface area contributed by atoms with Gasteiger partial charge in [-0.15, -0.1) is 0 Å². The van der Waals surface area contributed by atoms with Crippen LogP contribution in [-0.2, 0) is 30.2 Å². The molecule has 0 bridgehead atoms. The molecule has 1 N–H and O–H groups in total. The quantitative estimate of drug-likeness (QED) is 0.342. The molecule has 3 atom stereocenters. The molecular formula is C24H36F2N2O7. The van der Waals surface area contributed by atoms with Gasteiger partial charge in [-0.2, -0.15) is 13.8 Å². The van der Waals surface area contributed by atoms with Crippen molar-refractivity contribution in [3.05, 3.63) is 28.4 Å². The van der Waals surface area contributed by atoms with Gasteiger partial charge < -0.3 is 19.3 Å². The second kappa shape index (κ2) is 12.5. The fraction of sp³-hybridized carbons (Fsp3) is 0.750. The number of carbonyl (C=O) groups excluding carboxylic acids is 2. The number of ether oxygens (including phenoxy) is 3. The van der Waals surface area contributed by atoms with Crippen LogP contribution in [0.25, 0.3) is 0 Å². The van der Waals surface area contributed by atoms with Gasteiger partial charge in [0.2, 0.25) is 6.23 Å². The monoisotopic (exact) mass is 502 g/mol. The number of rotatable bonds is 12. The number of nitrogens with zero attached hydrogens (tertiary/aromatic N) is 2. The first-order chi connectivity index (χ1) is 16.4. The average Bonchev–Trinajstić information content (AvgIpc) is 2.99. The number of aliphatic hydroxyl groups is 1. The molecular weight excluding hydrogens is 466 g/mol. The highest BCUT2D eigenvalue weighted by molar-refractivity contribution is 5.72. The molecule has 2 rings (SSSR count). The third-order valence-corrected chi connectivity index (χ3v) is 5.41. The zero-order valence-electron chi connectivity index (χ0n) is 20.8. The van der Waals surface area contributed by atoms with Gasteiger partial charge in [0.25, 0.3) is 0 Å². The van der Waals surface area contributed by atoms with Crippen LogP contribution in [0, 0.1) is 0 Å². The Morgan fingerprint density at radius 2 is 1.83 bits per heavy atom. The number of aliphatic hydroxyl groups excluding tert-OH is 1. The first kappa shape index (κ1) is 28.8. The molecule has 11 heteroatoms. The van der Waals surface area contributed by atoms with E-state index in [1.165, 1.54) is 6.07 Å². The zero-order chi connectivity index (χ0) is 26.2. The second-order valence-corrected chi connectivity index (χ2v) is 9.68. The topological polar surface area (TPSA) is 117 Å². The molecule has 0 radical (unpaired) electrons. The van der Waals surface area contributed by atoms with Crippen molar-refractivity contribution in [1.29, 1.82) is 0 Å². The molecule has 0 saturated carbocycles. The summed E-state index contributed by atoms with van der Waals surface area (Å²) >= 11 is 0. The number of hydrogen-bond donors (Lipinski definition) is 1. The van der Waals surface area contributed by atoms with Crippen LogP contribution in [0.5, 0.6) is 0 Å². The number of carbonyl (C=O) groups is 2. The molecule has 1 aliphatic heterocycles. The smallest absolute Gasteiger partial charge is 0.350 e. The van der Waals surface area contributed by atoms with Crippen molar-refractivity contribution in [2.75, 3.05) is 6.61 Å². The normalized spacial score (nSPS) is 21.6. The van der Waals surface area contributed by atoms with Gasteiger partial charge in [-0.05, 0) is 33.3 Å². The molecule has 0 unspecified atom stereocenters. The first-order valence-corrected chi connectivity index (χ1v) is 12.0. The number of esters is 2. The van der Waals surface area contributed by atoms with Gasteiger partial charge in [0.1, 0.15) is 11.7 Å². The molecule has 1 fully saturated rings. The van der Waals surface area contributed by atoms with Crippen LogP contribution < -0.4 is 5.69 Å². The van der Waals surface area contributed by atoms with Crippen LogP contribution in [0.1, 0.15) is 84.6 Å². The summed E-state index contributed by atoms with van der Waals surface area (Å²) in [5.41, 5.74) is -1.76.